The first-order valence-corrected chi connectivity index (χ1v) is 11.4. The Bertz CT molecular complexity index is 692. The summed E-state index contributed by atoms with van der Waals surface area (Å²) in [6, 6.07) is 4.84. The zero-order chi connectivity index (χ0) is 21.5. The Morgan fingerprint density at radius 3 is 2.21 bits per heavy atom. The van der Waals surface area contributed by atoms with E-state index in [0.717, 1.165) is 25.0 Å². The second-order valence-corrected chi connectivity index (χ2v) is 9.19. The van der Waals surface area contributed by atoms with Gasteiger partial charge in [0, 0.05) is 5.70 Å². The third-order valence-corrected chi connectivity index (χ3v) is 6.63. The molecule has 0 fully saturated rings. The summed E-state index contributed by atoms with van der Waals surface area (Å²) in [7, 11) is 0. The van der Waals surface area contributed by atoms with Gasteiger partial charge in [-0.1, -0.05) is 78.7 Å². The van der Waals surface area contributed by atoms with Crippen molar-refractivity contribution in [2.24, 2.45) is 11.1 Å². The monoisotopic (exact) mass is 383 g/mol. The molecule has 1 aromatic rings. The van der Waals surface area contributed by atoms with Crippen LogP contribution in [0, 0.1) is 12.3 Å². The third kappa shape index (κ3) is 6.00. The number of nitrogens with two attached hydrogens (primary N) is 1. The van der Waals surface area contributed by atoms with Crippen molar-refractivity contribution in [1.82, 2.24) is 0 Å². The summed E-state index contributed by atoms with van der Waals surface area (Å²) in [5.74, 6) is 0.524. The van der Waals surface area contributed by atoms with Crippen molar-refractivity contribution in [3.05, 3.63) is 52.2 Å². The number of hydrogen-bond acceptors (Lipinski definition) is 1. The first-order chi connectivity index (χ1) is 13.1. The summed E-state index contributed by atoms with van der Waals surface area (Å²) in [6.07, 6.45) is 7.84. The third-order valence-electron chi connectivity index (χ3n) is 6.63. The minimum Gasteiger partial charge on any atom is -0.403 e. The number of rotatable bonds is 11. The normalized spacial score (nSPS) is 14.8. The molecule has 0 spiro atoms. The van der Waals surface area contributed by atoms with Crippen molar-refractivity contribution in [3.63, 3.8) is 0 Å². The summed E-state index contributed by atoms with van der Waals surface area (Å²) in [4.78, 5) is 0. The summed E-state index contributed by atoms with van der Waals surface area (Å²) >= 11 is 0. The smallest absolute Gasteiger partial charge is 0.00108 e. The van der Waals surface area contributed by atoms with Gasteiger partial charge < -0.3 is 5.73 Å². The average molecular weight is 384 g/mol. The van der Waals surface area contributed by atoms with Crippen LogP contribution in [-0.4, -0.2) is 0 Å². The Kier molecular flexibility index (Phi) is 9.54. The zero-order valence-corrected chi connectivity index (χ0v) is 20.0. The highest BCUT2D eigenvalue weighted by molar-refractivity contribution is 5.73. The van der Waals surface area contributed by atoms with Gasteiger partial charge in [0.15, 0.2) is 0 Å². The quantitative estimate of drug-likeness (QED) is 0.408. The van der Waals surface area contributed by atoms with E-state index < -0.39 is 0 Å². The van der Waals surface area contributed by atoms with Crippen molar-refractivity contribution in [2.45, 2.75) is 106 Å². The Labute approximate surface area is 175 Å². The molecule has 1 nitrogen and oxygen atoms in total. The molecule has 1 heteroatoms. The van der Waals surface area contributed by atoms with E-state index in [2.05, 4.69) is 74.1 Å². The molecule has 0 aromatic heterocycles. The lowest BCUT2D eigenvalue weighted by Gasteiger charge is -2.33. The maximum atomic E-state index is 5.87. The van der Waals surface area contributed by atoms with E-state index in [9.17, 15) is 0 Å². The van der Waals surface area contributed by atoms with E-state index in [0.29, 0.717) is 5.92 Å². The molecule has 0 radical (unpaired) electrons. The molecule has 1 unspecified atom stereocenters. The molecule has 0 aliphatic rings. The first-order valence-electron chi connectivity index (χ1n) is 11.4. The molecule has 28 heavy (non-hydrogen) atoms. The van der Waals surface area contributed by atoms with Crippen molar-refractivity contribution < 1.29 is 0 Å². The summed E-state index contributed by atoms with van der Waals surface area (Å²) in [5, 5.41) is 0. The molecule has 1 aromatic carbocycles. The van der Waals surface area contributed by atoms with Crippen LogP contribution in [0.5, 0.6) is 0 Å². The van der Waals surface area contributed by atoms with Crippen molar-refractivity contribution in [1.29, 1.82) is 0 Å². The van der Waals surface area contributed by atoms with E-state index in [1.165, 1.54) is 47.9 Å². The number of allylic oxidation sites excluding steroid dienone is 3. The van der Waals surface area contributed by atoms with E-state index in [1.54, 1.807) is 11.1 Å². The highest BCUT2D eigenvalue weighted by atomic mass is 14.5. The maximum absolute atomic E-state index is 5.87. The van der Waals surface area contributed by atoms with Crippen LogP contribution < -0.4 is 5.73 Å². The van der Waals surface area contributed by atoms with E-state index in [4.69, 9.17) is 5.73 Å². The molecule has 1 rings (SSSR count). The van der Waals surface area contributed by atoms with Gasteiger partial charge in [-0.25, -0.2) is 0 Å². The molecule has 0 aliphatic carbocycles. The summed E-state index contributed by atoms with van der Waals surface area (Å²) in [6.45, 7) is 22.6. The van der Waals surface area contributed by atoms with Crippen LogP contribution >= 0.6 is 0 Å². The lowest BCUT2D eigenvalue weighted by molar-refractivity contribution is 0.347. The first kappa shape index (κ1) is 24.5. The van der Waals surface area contributed by atoms with Crippen LogP contribution in [0.4, 0.5) is 0 Å². The fourth-order valence-electron chi connectivity index (χ4n) is 4.48. The van der Waals surface area contributed by atoms with E-state index >= 15 is 0 Å². The maximum Gasteiger partial charge on any atom is 0.00108 e. The van der Waals surface area contributed by atoms with Gasteiger partial charge in [0.05, 0.1) is 0 Å². The van der Waals surface area contributed by atoms with E-state index in [1.807, 2.05) is 0 Å². The number of hydrogen-bond donors (Lipinski definition) is 1. The Morgan fingerprint density at radius 1 is 1.11 bits per heavy atom. The molecular formula is C27H45N. The molecule has 158 valence electrons. The van der Waals surface area contributed by atoms with Gasteiger partial charge in [0.2, 0.25) is 0 Å². The van der Waals surface area contributed by atoms with Crippen LogP contribution in [-0.2, 0) is 6.42 Å². The van der Waals surface area contributed by atoms with Crippen LogP contribution in [0.15, 0.2) is 30.0 Å². The molecular weight excluding hydrogens is 338 g/mol. The van der Waals surface area contributed by atoms with Gasteiger partial charge in [-0.2, -0.15) is 0 Å². The molecule has 0 amide bonds. The second kappa shape index (κ2) is 10.9. The van der Waals surface area contributed by atoms with Crippen LogP contribution in [0.3, 0.4) is 0 Å². The molecule has 1 atom stereocenters. The van der Waals surface area contributed by atoms with Crippen LogP contribution in [0.2, 0.25) is 0 Å². The Hall–Kier alpha value is -1.50. The fraction of sp³-hybridized carbons (Fsp3) is 0.630. The molecule has 2 N–H and O–H groups in total. The molecule has 0 bridgehead atoms. The predicted molar refractivity (Wildman–Crippen MR) is 128 cm³/mol. The Balaban J connectivity index is 3.68. The molecule has 0 heterocycles. The average Bonchev–Trinajstić information content (AvgIpc) is 2.64. The van der Waals surface area contributed by atoms with E-state index in [-0.39, 0.29) is 5.41 Å². The minimum atomic E-state index is 0.283. The molecule has 0 saturated heterocycles. The number of aryl methyl sites for hydroxylation is 1. The van der Waals surface area contributed by atoms with Gasteiger partial charge in [0.25, 0.3) is 0 Å². The van der Waals surface area contributed by atoms with Gasteiger partial charge >= 0.3 is 0 Å². The lowest BCUT2D eigenvalue weighted by Crippen LogP contribution is -2.18. The number of benzene rings is 1. The van der Waals surface area contributed by atoms with Gasteiger partial charge in [-0.05, 0) is 85.1 Å². The topological polar surface area (TPSA) is 26.0 Å². The van der Waals surface area contributed by atoms with Gasteiger partial charge in [0.1, 0.15) is 0 Å². The van der Waals surface area contributed by atoms with Crippen LogP contribution in [0.25, 0.3) is 5.57 Å². The highest BCUT2D eigenvalue weighted by Crippen LogP contribution is 2.42. The molecule has 0 saturated carbocycles. The van der Waals surface area contributed by atoms with Gasteiger partial charge in [-0.15, -0.1) is 0 Å². The minimum absolute atomic E-state index is 0.283. The lowest BCUT2D eigenvalue weighted by atomic mass is 9.72. The standard InChI is InChI=1S/C27H45N/c1-10-13-24(22(8)27(9,12-3)16-11-2)26-18-23(15-14-20(6)28)17-25(19(4)5)21(26)7/h17-19H,6,10-16,28H2,1-5,7-9H3/b24-22+. The molecule has 0 aliphatic heterocycles. The van der Waals surface area contributed by atoms with Crippen molar-refractivity contribution in [3.8, 4) is 0 Å². The van der Waals surface area contributed by atoms with Crippen molar-refractivity contribution in [2.75, 3.05) is 0 Å². The highest BCUT2D eigenvalue weighted by Gasteiger charge is 2.27. The Morgan fingerprint density at radius 2 is 1.75 bits per heavy atom. The zero-order valence-electron chi connectivity index (χ0n) is 20.0. The largest absolute Gasteiger partial charge is 0.403 e. The fourth-order valence-corrected chi connectivity index (χ4v) is 4.48. The van der Waals surface area contributed by atoms with Crippen molar-refractivity contribution >= 4 is 5.57 Å². The van der Waals surface area contributed by atoms with Gasteiger partial charge in [-0.3, -0.25) is 0 Å². The predicted octanol–water partition coefficient (Wildman–Crippen LogP) is 8.31. The summed E-state index contributed by atoms with van der Waals surface area (Å²) in [5.41, 5.74) is 15.9. The second-order valence-electron chi connectivity index (χ2n) is 9.19. The summed E-state index contributed by atoms with van der Waals surface area (Å²) < 4.78 is 0. The van der Waals surface area contributed by atoms with Crippen LogP contribution in [0.1, 0.15) is 115 Å². The SMILES string of the molecule is C=C(N)CCc1cc(/C(CCC)=C(\C)C(C)(CC)CCC)c(C)c(C(C)C)c1.